The third-order valence-electron chi connectivity index (χ3n) is 5.04. The van der Waals surface area contributed by atoms with Crippen LogP contribution in [0.2, 0.25) is 10.0 Å². The first kappa shape index (κ1) is 19.8. The zero-order chi connectivity index (χ0) is 19.4. The van der Waals surface area contributed by atoms with Gasteiger partial charge >= 0.3 is 0 Å². The van der Waals surface area contributed by atoms with Crippen molar-refractivity contribution in [2.24, 2.45) is 0 Å². The molecule has 1 atom stereocenters. The minimum Gasteiger partial charge on any atom is -0.497 e. The van der Waals surface area contributed by atoms with Crippen molar-refractivity contribution in [1.82, 2.24) is 0 Å². The van der Waals surface area contributed by atoms with Crippen molar-refractivity contribution in [3.05, 3.63) is 52.5 Å². The van der Waals surface area contributed by atoms with Crippen molar-refractivity contribution in [2.45, 2.75) is 13.0 Å². The molecular weight excluding hydrogens is 385 g/mol. The quantitative estimate of drug-likeness (QED) is 0.799. The van der Waals surface area contributed by atoms with E-state index in [4.69, 9.17) is 27.9 Å². The minimum atomic E-state index is -0.158. The highest BCUT2D eigenvalue weighted by atomic mass is 35.5. The molecule has 1 fully saturated rings. The molecule has 3 rings (SSSR count). The van der Waals surface area contributed by atoms with Gasteiger partial charge in [0.15, 0.2) is 6.04 Å². The van der Waals surface area contributed by atoms with Crippen LogP contribution in [0, 0.1) is 0 Å². The summed E-state index contributed by atoms with van der Waals surface area (Å²) < 4.78 is 5.21. The molecule has 1 aliphatic heterocycles. The maximum Gasteiger partial charge on any atom is 0.282 e. The Morgan fingerprint density at radius 1 is 1.15 bits per heavy atom. The zero-order valence-electron chi connectivity index (χ0n) is 15.5. The summed E-state index contributed by atoms with van der Waals surface area (Å²) in [5.41, 5.74) is 1.77. The summed E-state index contributed by atoms with van der Waals surface area (Å²) in [6.45, 7) is 5.56. The summed E-state index contributed by atoms with van der Waals surface area (Å²) >= 11 is 12.1. The van der Waals surface area contributed by atoms with Crippen molar-refractivity contribution >= 4 is 40.5 Å². The van der Waals surface area contributed by atoms with Crippen LogP contribution in [0.5, 0.6) is 5.75 Å². The third-order valence-corrected chi connectivity index (χ3v) is 5.59. The number of hydrogen-bond acceptors (Lipinski definition) is 3. The predicted molar refractivity (Wildman–Crippen MR) is 110 cm³/mol. The summed E-state index contributed by atoms with van der Waals surface area (Å²) in [5, 5.41) is 3.91. The summed E-state index contributed by atoms with van der Waals surface area (Å²) in [4.78, 5) is 16.2. The molecule has 0 radical (unpaired) electrons. The second-order valence-electron chi connectivity index (χ2n) is 6.68. The monoisotopic (exact) mass is 408 g/mol. The van der Waals surface area contributed by atoms with Crippen LogP contribution in [-0.4, -0.2) is 45.2 Å². The number of benzene rings is 2. The molecule has 1 amide bonds. The fourth-order valence-corrected chi connectivity index (χ4v) is 3.75. The van der Waals surface area contributed by atoms with Gasteiger partial charge in [0.05, 0.1) is 44.0 Å². The third kappa shape index (κ3) is 4.86. The van der Waals surface area contributed by atoms with E-state index in [1.807, 2.05) is 19.1 Å². The molecule has 0 unspecified atom stereocenters. The second-order valence-corrected chi connectivity index (χ2v) is 7.52. The number of methoxy groups -OCH3 is 1. The Labute approximate surface area is 169 Å². The van der Waals surface area contributed by atoms with Gasteiger partial charge in [0, 0.05) is 10.7 Å². The molecule has 1 saturated heterocycles. The molecule has 27 heavy (non-hydrogen) atoms. The van der Waals surface area contributed by atoms with E-state index in [0.717, 1.165) is 31.9 Å². The lowest BCUT2D eigenvalue weighted by atomic mass is 10.2. The van der Waals surface area contributed by atoms with E-state index >= 15 is 0 Å². The number of carbonyl (C=O) groups is 1. The maximum atomic E-state index is 12.6. The van der Waals surface area contributed by atoms with Crippen molar-refractivity contribution in [3.8, 4) is 5.75 Å². The lowest BCUT2D eigenvalue weighted by molar-refractivity contribution is -0.914. The molecule has 7 heteroatoms. The molecular formula is C20H24Cl2N3O2+. The SMILES string of the molecule is COc1ccc(N2CC[NH+]([C@@H](C)C(=O)Nc3ccc(Cl)cc3Cl)CC2)cc1. The Morgan fingerprint density at radius 2 is 1.81 bits per heavy atom. The van der Waals surface area contributed by atoms with Gasteiger partial charge < -0.3 is 19.9 Å². The number of carbonyl (C=O) groups excluding carboxylic acids is 1. The smallest absolute Gasteiger partial charge is 0.282 e. The van der Waals surface area contributed by atoms with Gasteiger partial charge in [-0.15, -0.1) is 0 Å². The molecule has 144 valence electrons. The molecule has 2 N–H and O–H groups in total. The fourth-order valence-electron chi connectivity index (χ4n) is 3.30. The Kier molecular flexibility index (Phi) is 6.47. The standard InChI is InChI=1S/C20H23Cl2N3O2/c1-14(20(26)23-19-8-3-15(21)13-18(19)22)24-9-11-25(12-10-24)16-4-6-17(27-2)7-5-16/h3-8,13-14H,9-12H2,1-2H3,(H,23,26)/p+1/t14-/m0/s1. The Hall–Kier alpha value is -1.95. The maximum absolute atomic E-state index is 12.6. The Balaban J connectivity index is 1.55. The molecule has 1 heterocycles. The van der Waals surface area contributed by atoms with Crippen molar-refractivity contribution in [1.29, 1.82) is 0 Å². The van der Waals surface area contributed by atoms with E-state index in [-0.39, 0.29) is 11.9 Å². The minimum absolute atomic E-state index is 0.0351. The van der Waals surface area contributed by atoms with E-state index in [0.29, 0.717) is 15.7 Å². The van der Waals surface area contributed by atoms with Crippen molar-refractivity contribution in [2.75, 3.05) is 43.5 Å². The number of anilines is 2. The Morgan fingerprint density at radius 3 is 2.41 bits per heavy atom. The summed E-state index contributed by atoms with van der Waals surface area (Å²) in [7, 11) is 1.67. The number of amides is 1. The van der Waals surface area contributed by atoms with Crippen molar-refractivity contribution < 1.29 is 14.4 Å². The van der Waals surface area contributed by atoms with Crippen LogP contribution in [-0.2, 0) is 4.79 Å². The first-order valence-corrected chi connectivity index (χ1v) is 9.73. The number of nitrogens with zero attached hydrogens (tertiary/aromatic N) is 1. The Bertz CT molecular complexity index is 790. The lowest BCUT2D eigenvalue weighted by Crippen LogP contribution is -3.19. The van der Waals surface area contributed by atoms with Crippen LogP contribution in [0.3, 0.4) is 0 Å². The van der Waals surface area contributed by atoms with Crippen LogP contribution in [0.4, 0.5) is 11.4 Å². The first-order valence-electron chi connectivity index (χ1n) is 8.97. The molecule has 0 spiro atoms. The van der Waals surface area contributed by atoms with Gasteiger partial charge in [-0.3, -0.25) is 4.79 Å². The fraction of sp³-hybridized carbons (Fsp3) is 0.350. The average molecular weight is 409 g/mol. The van der Waals surface area contributed by atoms with E-state index < -0.39 is 0 Å². The lowest BCUT2D eigenvalue weighted by Gasteiger charge is -2.36. The number of quaternary nitrogens is 1. The van der Waals surface area contributed by atoms with Gasteiger partial charge in [-0.05, 0) is 49.4 Å². The summed E-state index contributed by atoms with van der Waals surface area (Å²) in [6, 6.07) is 13.0. The van der Waals surface area contributed by atoms with Gasteiger partial charge in [-0.2, -0.15) is 0 Å². The first-order chi connectivity index (χ1) is 13.0. The van der Waals surface area contributed by atoms with Crippen molar-refractivity contribution in [3.63, 3.8) is 0 Å². The highest BCUT2D eigenvalue weighted by molar-refractivity contribution is 6.36. The number of nitrogens with one attached hydrogen (secondary N) is 2. The van der Waals surface area contributed by atoms with Crippen LogP contribution >= 0.6 is 23.2 Å². The predicted octanol–water partition coefficient (Wildman–Crippen LogP) is 2.73. The number of hydrogen-bond donors (Lipinski definition) is 2. The molecule has 1 aliphatic rings. The van der Waals surface area contributed by atoms with E-state index in [2.05, 4.69) is 22.3 Å². The summed E-state index contributed by atoms with van der Waals surface area (Å²) in [5.74, 6) is 0.821. The number of piperazine rings is 1. The average Bonchev–Trinajstić information content (AvgIpc) is 2.69. The number of ether oxygens (including phenoxy) is 1. The van der Waals surface area contributed by atoms with Crippen LogP contribution < -0.4 is 19.9 Å². The van der Waals surface area contributed by atoms with Gasteiger partial charge in [0.25, 0.3) is 5.91 Å². The van der Waals surface area contributed by atoms with Gasteiger partial charge in [0.1, 0.15) is 5.75 Å². The molecule has 0 bridgehead atoms. The molecule has 2 aromatic rings. The van der Waals surface area contributed by atoms with E-state index in [1.165, 1.54) is 10.6 Å². The zero-order valence-corrected chi connectivity index (χ0v) is 17.0. The van der Waals surface area contributed by atoms with Gasteiger partial charge in [0.2, 0.25) is 0 Å². The highest BCUT2D eigenvalue weighted by Crippen LogP contribution is 2.25. The topological polar surface area (TPSA) is 46.0 Å². The number of rotatable bonds is 5. The van der Waals surface area contributed by atoms with Crippen LogP contribution in [0.25, 0.3) is 0 Å². The molecule has 0 aromatic heterocycles. The molecule has 5 nitrogen and oxygen atoms in total. The number of halogens is 2. The van der Waals surface area contributed by atoms with Crippen LogP contribution in [0.15, 0.2) is 42.5 Å². The molecule has 0 aliphatic carbocycles. The molecule has 2 aromatic carbocycles. The highest BCUT2D eigenvalue weighted by Gasteiger charge is 2.29. The van der Waals surface area contributed by atoms with E-state index in [1.54, 1.807) is 25.3 Å². The summed E-state index contributed by atoms with van der Waals surface area (Å²) in [6.07, 6.45) is 0. The van der Waals surface area contributed by atoms with Gasteiger partial charge in [-0.25, -0.2) is 0 Å². The normalized spacial score (nSPS) is 16.1. The second kappa shape index (κ2) is 8.83. The molecule has 0 saturated carbocycles. The van der Waals surface area contributed by atoms with Crippen LogP contribution in [0.1, 0.15) is 6.92 Å². The largest absolute Gasteiger partial charge is 0.497 e. The van der Waals surface area contributed by atoms with E-state index in [9.17, 15) is 4.79 Å². The van der Waals surface area contributed by atoms with Gasteiger partial charge in [-0.1, -0.05) is 23.2 Å².